The molecule has 0 saturated heterocycles. The molecular weight excluding hydrogens is 380 g/mol. The van der Waals surface area contributed by atoms with Crippen LogP contribution in [0.25, 0.3) is 0 Å². The summed E-state index contributed by atoms with van der Waals surface area (Å²) in [5.41, 5.74) is 1.70. The molecule has 3 aromatic rings. The first-order valence-corrected chi connectivity index (χ1v) is 8.83. The van der Waals surface area contributed by atoms with Gasteiger partial charge in [-0.25, -0.2) is 0 Å². The maximum atomic E-state index is 12.4. The molecule has 28 heavy (non-hydrogen) atoms. The van der Waals surface area contributed by atoms with Crippen LogP contribution in [0.3, 0.4) is 0 Å². The average Bonchev–Trinajstić information content (AvgIpc) is 2.73. The number of carbonyl (C=O) groups is 1. The molecule has 0 aliphatic heterocycles. The van der Waals surface area contributed by atoms with Gasteiger partial charge >= 0.3 is 0 Å². The second-order valence-electron chi connectivity index (χ2n) is 5.77. The molecule has 0 spiro atoms. The van der Waals surface area contributed by atoms with E-state index in [4.69, 9.17) is 21.1 Å². The van der Waals surface area contributed by atoms with E-state index in [9.17, 15) is 4.79 Å². The minimum Gasteiger partial charge on any atom is -0.493 e. The van der Waals surface area contributed by atoms with E-state index in [0.717, 1.165) is 5.56 Å². The van der Waals surface area contributed by atoms with Crippen LogP contribution in [0.5, 0.6) is 11.5 Å². The fourth-order valence-corrected chi connectivity index (χ4v) is 2.69. The molecule has 0 atom stereocenters. The molecule has 2 N–H and O–H groups in total. The van der Waals surface area contributed by atoms with Gasteiger partial charge in [0.1, 0.15) is 5.82 Å². The molecule has 7 nitrogen and oxygen atoms in total. The number of nitrogens with one attached hydrogen (secondary N) is 2. The highest BCUT2D eigenvalue weighted by Gasteiger charge is 2.11. The third-order valence-electron chi connectivity index (χ3n) is 3.96. The van der Waals surface area contributed by atoms with Crippen molar-refractivity contribution in [2.45, 2.75) is 6.54 Å². The lowest BCUT2D eigenvalue weighted by Crippen LogP contribution is -2.15. The zero-order valence-corrected chi connectivity index (χ0v) is 16.2. The highest BCUT2D eigenvalue weighted by Crippen LogP contribution is 2.29. The van der Waals surface area contributed by atoms with Crippen LogP contribution in [0.1, 0.15) is 16.1 Å². The first-order chi connectivity index (χ1) is 13.6. The Morgan fingerprint density at radius 1 is 1.00 bits per heavy atom. The van der Waals surface area contributed by atoms with Crippen molar-refractivity contribution in [3.8, 4) is 11.5 Å². The van der Waals surface area contributed by atoms with Crippen LogP contribution in [0.4, 0.5) is 11.5 Å². The Bertz CT molecular complexity index is 964. The van der Waals surface area contributed by atoms with Gasteiger partial charge in [0.05, 0.1) is 14.2 Å². The van der Waals surface area contributed by atoms with E-state index in [1.165, 1.54) is 7.11 Å². The number of anilines is 2. The lowest BCUT2D eigenvalue weighted by Gasteiger charge is -2.10. The van der Waals surface area contributed by atoms with Gasteiger partial charge in [0.25, 0.3) is 5.91 Å². The largest absolute Gasteiger partial charge is 0.493 e. The summed E-state index contributed by atoms with van der Waals surface area (Å²) in [5, 5.41) is 14.6. The summed E-state index contributed by atoms with van der Waals surface area (Å²) >= 11 is 6.13. The van der Waals surface area contributed by atoms with Crippen molar-refractivity contribution < 1.29 is 14.3 Å². The first-order valence-electron chi connectivity index (χ1n) is 8.45. The van der Waals surface area contributed by atoms with Crippen molar-refractivity contribution in [1.29, 1.82) is 0 Å². The van der Waals surface area contributed by atoms with Crippen LogP contribution in [0.2, 0.25) is 5.02 Å². The Kier molecular flexibility index (Phi) is 6.29. The Hall–Kier alpha value is -3.32. The number of carbonyl (C=O) groups excluding carboxylic acids is 1. The van der Waals surface area contributed by atoms with E-state index in [1.54, 1.807) is 37.4 Å². The summed E-state index contributed by atoms with van der Waals surface area (Å²) < 4.78 is 10.4. The topological polar surface area (TPSA) is 85.4 Å². The van der Waals surface area contributed by atoms with Gasteiger partial charge in [-0.3, -0.25) is 4.79 Å². The predicted octanol–water partition coefficient (Wildman–Crippen LogP) is 4.01. The van der Waals surface area contributed by atoms with Crippen LogP contribution in [-0.2, 0) is 6.54 Å². The second-order valence-corrected chi connectivity index (χ2v) is 6.18. The number of methoxy groups -OCH3 is 2. The molecule has 0 bridgehead atoms. The number of ether oxygens (including phenoxy) is 2. The van der Waals surface area contributed by atoms with E-state index >= 15 is 0 Å². The van der Waals surface area contributed by atoms with Gasteiger partial charge in [0.2, 0.25) is 0 Å². The van der Waals surface area contributed by atoms with E-state index in [0.29, 0.717) is 34.6 Å². The van der Waals surface area contributed by atoms with Crippen LogP contribution in [0, 0.1) is 0 Å². The van der Waals surface area contributed by atoms with Crippen molar-refractivity contribution in [2.75, 3.05) is 24.9 Å². The number of nitrogens with zero attached hydrogens (tertiary/aromatic N) is 2. The van der Waals surface area contributed by atoms with Gasteiger partial charge in [-0.05, 0) is 35.9 Å². The maximum absolute atomic E-state index is 12.4. The van der Waals surface area contributed by atoms with Crippen molar-refractivity contribution in [1.82, 2.24) is 10.2 Å². The summed E-state index contributed by atoms with van der Waals surface area (Å²) in [7, 11) is 3.08. The minimum atomic E-state index is -0.377. The third-order valence-corrected chi connectivity index (χ3v) is 4.33. The SMILES string of the molecule is COc1ccc(NC(=O)c2ccc(NCc3ccccc3Cl)nn2)cc1OC. The number of benzene rings is 2. The molecule has 0 radical (unpaired) electrons. The Morgan fingerprint density at radius 3 is 2.46 bits per heavy atom. The fourth-order valence-electron chi connectivity index (χ4n) is 2.48. The Balaban J connectivity index is 1.63. The molecule has 1 amide bonds. The van der Waals surface area contributed by atoms with Crippen molar-refractivity contribution >= 4 is 29.0 Å². The smallest absolute Gasteiger partial charge is 0.276 e. The molecule has 144 valence electrons. The summed E-state index contributed by atoms with van der Waals surface area (Å²) in [5.74, 6) is 1.26. The van der Waals surface area contributed by atoms with Gasteiger partial charge < -0.3 is 20.1 Å². The molecular formula is C20H19ClN4O3. The zero-order chi connectivity index (χ0) is 19.9. The number of rotatable bonds is 7. The molecule has 0 fully saturated rings. The molecule has 0 unspecified atom stereocenters. The molecule has 0 aliphatic rings. The molecule has 8 heteroatoms. The van der Waals surface area contributed by atoms with E-state index in [-0.39, 0.29) is 11.6 Å². The summed E-state index contributed by atoms with van der Waals surface area (Å²) in [6, 6.07) is 15.9. The van der Waals surface area contributed by atoms with Crippen LogP contribution >= 0.6 is 11.6 Å². The number of halogens is 1. The van der Waals surface area contributed by atoms with Gasteiger partial charge in [-0.15, -0.1) is 10.2 Å². The normalized spacial score (nSPS) is 10.2. The van der Waals surface area contributed by atoms with E-state index < -0.39 is 0 Å². The highest BCUT2D eigenvalue weighted by atomic mass is 35.5. The summed E-state index contributed by atoms with van der Waals surface area (Å²) in [4.78, 5) is 12.4. The van der Waals surface area contributed by atoms with Crippen molar-refractivity contribution in [3.63, 3.8) is 0 Å². The molecule has 0 aliphatic carbocycles. The highest BCUT2D eigenvalue weighted by molar-refractivity contribution is 6.31. The van der Waals surface area contributed by atoms with Crippen molar-refractivity contribution in [3.05, 3.63) is 70.9 Å². The van der Waals surface area contributed by atoms with Crippen molar-refractivity contribution in [2.24, 2.45) is 0 Å². The third kappa shape index (κ3) is 4.69. The van der Waals surface area contributed by atoms with Crippen LogP contribution < -0.4 is 20.1 Å². The van der Waals surface area contributed by atoms with Gasteiger partial charge in [0.15, 0.2) is 17.2 Å². The molecule has 0 saturated carbocycles. The number of aromatic nitrogens is 2. The average molecular weight is 399 g/mol. The number of hydrogen-bond acceptors (Lipinski definition) is 6. The van der Waals surface area contributed by atoms with Gasteiger partial charge in [-0.1, -0.05) is 29.8 Å². The molecule has 2 aromatic carbocycles. The zero-order valence-electron chi connectivity index (χ0n) is 15.4. The monoisotopic (exact) mass is 398 g/mol. The van der Waals surface area contributed by atoms with Crippen LogP contribution in [-0.4, -0.2) is 30.3 Å². The fraction of sp³-hybridized carbons (Fsp3) is 0.150. The standard InChI is InChI=1S/C20H19ClN4O3/c1-27-17-9-7-14(11-18(17)28-2)23-20(26)16-8-10-19(25-24-16)22-12-13-5-3-4-6-15(13)21/h3-11H,12H2,1-2H3,(H,22,25)(H,23,26). The maximum Gasteiger partial charge on any atom is 0.276 e. The summed E-state index contributed by atoms with van der Waals surface area (Å²) in [6.07, 6.45) is 0. The second kappa shape index (κ2) is 9.05. The van der Waals surface area contributed by atoms with Gasteiger partial charge in [-0.2, -0.15) is 0 Å². The molecule has 1 aromatic heterocycles. The number of hydrogen-bond donors (Lipinski definition) is 2. The van der Waals surface area contributed by atoms with E-state index in [1.807, 2.05) is 24.3 Å². The number of amides is 1. The van der Waals surface area contributed by atoms with Crippen LogP contribution in [0.15, 0.2) is 54.6 Å². The molecule has 1 heterocycles. The van der Waals surface area contributed by atoms with E-state index in [2.05, 4.69) is 20.8 Å². The lowest BCUT2D eigenvalue weighted by atomic mass is 10.2. The Labute approximate surface area is 167 Å². The predicted molar refractivity (Wildman–Crippen MR) is 108 cm³/mol. The van der Waals surface area contributed by atoms with Gasteiger partial charge in [0, 0.05) is 23.3 Å². The summed E-state index contributed by atoms with van der Waals surface area (Å²) in [6.45, 7) is 0.505. The Morgan fingerprint density at radius 2 is 1.79 bits per heavy atom. The quantitative estimate of drug-likeness (QED) is 0.625. The minimum absolute atomic E-state index is 0.193. The lowest BCUT2D eigenvalue weighted by molar-refractivity contribution is 0.102. The first kappa shape index (κ1) is 19.4. The molecule has 3 rings (SSSR count).